The molecule has 0 aliphatic heterocycles. The van der Waals surface area contributed by atoms with Gasteiger partial charge in [0.25, 0.3) is 10.0 Å². The third kappa shape index (κ3) is 4.99. The molecule has 1 N–H and O–H groups in total. The van der Waals surface area contributed by atoms with E-state index in [0.717, 1.165) is 40.7 Å². The van der Waals surface area contributed by atoms with Crippen LogP contribution in [0.2, 0.25) is 0 Å². The standard InChI is InChI=1S/C17H18F2N2O4S/c1-25-11-10-20-17(22)12-21(15-6-2-13(18)3-7-15)26(23,24)16-8-4-14(19)5-9-16/h2-9H,10-12H2,1H3,(H,20,22). The summed E-state index contributed by atoms with van der Waals surface area (Å²) in [7, 11) is -2.69. The number of hydrogen-bond acceptors (Lipinski definition) is 4. The maximum absolute atomic E-state index is 13.2. The Kier molecular flexibility index (Phi) is 6.64. The minimum atomic E-state index is -4.16. The fourth-order valence-corrected chi connectivity index (χ4v) is 3.56. The van der Waals surface area contributed by atoms with E-state index >= 15 is 0 Å². The van der Waals surface area contributed by atoms with Crippen molar-refractivity contribution >= 4 is 21.6 Å². The van der Waals surface area contributed by atoms with E-state index in [1.807, 2.05) is 0 Å². The summed E-state index contributed by atoms with van der Waals surface area (Å²) in [4.78, 5) is 11.9. The van der Waals surface area contributed by atoms with Gasteiger partial charge in [0.2, 0.25) is 5.91 Å². The Labute approximate surface area is 150 Å². The lowest BCUT2D eigenvalue weighted by Gasteiger charge is -2.24. The fraction of sp³-hybridized carbons (Fsp3) is 0.235. The number of nitrogens with one attached hydrogen (secondary N) is 1. The lowest BCUT2D eigenvalue weighted by atomic mass is 10.3. The van der Waals surface area contributed by atoms with Crippen molar-refractivity contribution < 1.29 is 26.7 Å². The average molecular weight is 384 g/mol. The Bertz CT molecular complexity index is 840. The van der Waals surface area contributed by atoms with Crippen molar-refractivity contribution in [1.29, 1.82) is 0 Å². The van der Waals surface area contributed by atoms with Crippen molar-refractivity contribution in [3.63, 3.8) is 0 Å². The number of carbonyl (C=O) groups is 1. The smallest absolute Gasteiger partial charge is 0.264 e. The van der Waals surface area contributed by atoms with Crippen molar-refractivity contribution in [2.24, 2.45) is 0 Å². The average Bonchev–Trinajstić information content (AvgIpc) is 2.61. The molecule has 2 aromatic carbocycles. The second kappa shape index (κ2) is 8.72. The zero-order chi connectivity index (χ0) is 19.2. The van der Waals surface area contributed by atoms with Gasteiger partial charge in [-0.25, -0.2) is 17.2 Å². The molecule has 140 valence electrons. The van der Waals surface area contributed by atoms with Crippen molar-refractivity contribution in [3.8, 4) is 0 Å². The van der Waals surface area contributed by atoms with E-state index in [1.165, 1.54) is 19.2 Å². The number of methoxy groups -OCH3 is 1. The molecule has 0 unspecified atom stereocenters. The third-order valence-corrected chi connectivity index (χ3v) is 5.22. The largest absolute Gasteiger partial charge is 0.383 e. The predicted octanol–water partition coefficient (Wildman–Crippen LogP) is 1.92. The number of hydrogen-bond donors (Lipinski definition) is 1. The van der Waals surface area contributed by atoms with Crippen LogP contribution in [0.5, 0.6) is 0 Å². The topological polar surface area (TPSA) is 75.7 Å². The van der Waals surface area contributed by atoms with E-state index in [-0.39, 0.29) is 23.7 Å². The van der Waals surface area contributed by atoms with Crippen LogP contribution in [-0.2, 0) is 19.6 Å². The van der Waals surface area contributed by atoms with E-state index in [0.29, 0.717) is 0 Å². The van der Waals surface area contributed by atoms with Crippen LogP contribution in [0.15, 0.2) is 53.4 Å². The maximum Gasteiger partial charge on any atom is 0.264 e. The SMILES string of the molecule is COCCNC(=O)CN(c1ccc(F)cc1)S(=O)(=O)c1ccc(F)cc1. The Morgan fingerprint density at radius 3 is 2.12 bits per heavy atom. The van der Waals surface area contributed by atoms with Crippen LogP contribution in [-0.4, -0.2) is 41.1 Å². The summed E-state index contributed by atoms with van der Waals surface area (Å²) in [6, 6.07) is 8.89. The van der Waals surface area contributed by atoms with Gasteiger partial charge in [-0.2, -0.15) is 0 Å². The van der Waals surface area contributed by atoms with Gasteiger partial charge < -0.3 is 10.1 Å². The van der Waals surface area contributed by atoms with Crippen LogP contribution >= 0.6 is 0 Å². The first-order valence-electron chi connectivity index (χ1n) is 7.64. The van der Waals surface area contributed by atoms with Crippen LogP contribution < -0.4 is 9.62 Å². The molecule has 0 spiro atoms. The van der Waals surface area contributed by atoms with Gasteiger partial charge in [-0.05, 0) is 48.5 Å². The highest BCUT2D eigenvalue weighted by atomic mass is 32.2. The molecule has 0 saturated heterocycles. The summed E-state index contributed by atoms with van der Waals surface area (Å²) in [5.41, 5.74) is 0.109. The van der Waals surface area contributed by atoms with Gasteiger partial charge >= 0.3 is 0 Å². The summed E-state index contributed by atoms with van der Waals surface area (Å²) < 4.78 is 57.7. The number of nitrogens with zero attached hydrogens (tertiary/aromatic N) is 1. The molecule has 0 saturated carbocycles. The number of amides is 1. The highest BCUT2D eigenvalue weighted by Crippen LogP contribution is 2.24. The molecule has 9 heteroatoms. The summed E-state index contributed by atoms with van der Waals surface area (Å²) >= 11 is 0. The second-order valence-electron chi connectivity index (χ2n) is 5.28. The minimum Gasteiger partial charge on any atom is -0.383 e. The first-order valence-corrected chi connectivity index (χ1v) is 9.08. The molecule has 2 rings (SSSR count). The van der Waals surface area contributed by atoms with E-state index in [9.17, 15) is 22.0 Å². The monoisotopic (exact) mass is 384 g/mol. The highest BCUT2D eigenvalue weighted by Gasteiger charge is 2.27. The molecular weight excluding hydrogens is 366 g/mol. The van der Waals surface area contributed by atoms with E-state index < -0.39 is 34.1 Å². The van der Waals surface area contributed by atoms with Crippen molar-refractivity contribution in [2.45, 2.75) is 4.90 Å². The van der Waals surface area contributed by atoms with Crippen molar-refractivity contribution in [2.75, 3.05) is 31.1 Å². The van der Waals surface area contributed by atoms with Gasteiger partial charge in [-0.1, -0.05) is 0 Å². The highest BCUT2D eigenvalue weighted by molar-refractivity contribution is 7.92. The first-order chi connectivity index (χ1) is 12.3. The van der Waals surface area contributed by atoms with Gasteiger partial charge in [-0.15, -0.1) is 0 Å². The maximum atomic E-state index is 13.2. The van der Waals surface area contributed by atoms with E-state index in [4.69, 9.17) is 4.74 Å². The number of halogens is 2. The normalized spacial score (nSPS) is 11.2. The number of sulfonamides is 1. The van der Waals surface area contributed by atoms with Crippen LogP contribution in [0.3, 0.4) is 0 Å². The molecule has 0 bridgehead atoms. The molecule has 0 heterocycles. The molecule has 0 fully saturated rings. The minimum absolute atomic E-state index is 0.109. The van der Waals surface area contributed by atoms with Crippen molar-refractivity contribution in [3.05, 3.63) is 60.2 Å². The number of ether oxygens (including phenoxy) is 1. The van der Waals surface area contributed by atoms with Crippen LogP contribution in [0, 0.1) is 11.6 Å². The Morgan fingerprint density at radius 1 is 1.04 bits per heavy atom. The molecule has 6 nitrogen and oxygen atoms in total. The van der Waals surface area contributed by atoms with Gasteiger partial charge in [0.1, 0.15) is 18.2 Å². The molecule has 2 aromatic rings. The third-order valence-electron chi connectivity index (χ3n) is 3.43. The molecule has 0 aliphatic carbocycles. The van der Waals surface area contributed by atoms with E-state index in [1.54, 1.807) is 0 Å². The van der Waals surface area contributed by atoms with Crippen LogP contribution in [0.1, 0.15) is 0 Å². The van der Waals surface area contributed by atoms with Crippen molar-refractivity contribution in [1.82, 2.24) is 5.32 Å². The molecule has 0 atom stereocenters. The molecule has 1 amide bonds. The molecule has 26 heavy (non-hydrogen) atoms. The lowest BCUT2D eigenvalue weighted by molar-refractivity contribution is -0.119. The molecule has 0 radical (unpaired) electrons. The van der Waals surface area contributed by atoms with Gasteiger partial charge in [0.15, 0.2) is 0 Å². The molecular formula is C17H18F2N2O4S. The zero-order valence-electron chi connectivity index (χ0n) is 14.0. The van der Waals surface area contributed by atoms with Gasteiger partial charge in [-0.3, -0.25) is 9.10 Å². The predicted molar refractivity (Wildman–Crippen MR) is 92.2 cm³/mol. The Hall–Kier alpha value is -2.52. The number of carbonyl (C=O) groups excluding carboxylic acids is 1. The quantitative estimate of drug-likeness (QED) is 0.706. The second-order valence-corrected chi connectivity index (χ2v) is 7.15. The summed E-state index contributed by atoms with van der Waals surface area (Å²) in [5, 5.41) is 2.52. The van der Waals surface area contributed by atoms with Gasteiger partial charge in [0, 0.05) is 13.7 Å². The molecule has 0 aromatic heterocycles. The Balaban J connectivity index is 2.34. The van der Waals surface area contributed by atoms with Gasteiger partial charge in [0.05, 0.1) is 17.2 Å². The fourth-order valence-electron chi connectivity index (χ4n) is 2.14. The number of benzene rings is 2. The zero-order valence-corrected chi connectivity index (χ0v) is 14.8. The summed E-state index contributed by atoms with van der Waals surface area (Å²) in [6.45, 7) is -0.0365. The van der Waals surface area contributed by atoms with Crippen LogP contribution in [0.4, 0.5) is 14.5 Å². The number of anilines is 1. The Morgan fingerprint density at radius 2 is 1.58 bits per heavy atom. The van der Waals surface area contributed by atoms with Crippen LogP contribution in [0.25, 0.3) is 0 Å². The lowest BCUT2D eigenvalue weighted by Crippen LogP contribution is -2.41. The summed E-state index contributed by atoms with van der Waals surface area (Å²) in [5.74, 6) is -1.69. The summed E-state index contributed by atoms with van der Waals surface area (Å²) in [6.07, 6.45) is 0. The molecule has 0 aliphatic rings. The first kappa shape index (κ1) is 19.8. The number of rotatable bonds is 8. The van der Waals surface area contributed by atoms with E-state index in [2.05, 4.69) is 5.32 Å².